The summed E-state index contributed by atoms with van der Waals surface area (Å²) in [5, 5.41) is 0. The van der Waals surface area contributed by atoms with E-state index in [1.807, 2.05) is 6.92 Å². The van der Waals surface area contributed by atoms with Gasteiger partial charge in [-0.2, -0.15) is 0 Å². The summed E-state index contributed by atoms with van der Waals surface area (Å²) in [6, 6.07) is 0. The molecule has 1 rings (SSSR count). The first-order chi connectivity index (χ1) is 6.61. The average Bonchev–Trinajstić information content (AvgIpc) is 2.15. The van der Waals surface area contributed by atoms with Crippen molar-refractivity contribution in [2.75, 3.05) is 6.61 Å². The third-order valence-electron chi connectivity index (χ3n) is 2.88. The van der Waals surface area contributed by atoms with E-state index in [9.17, 15) is 4.79 Å². The molecule has 2 atom stereocenters. The minimum Gasteiger partial charge on any atom is -0.461 e. The van der Waals surface area contributed by atoms with Crippen molar-refractivity contribution in [3.8, 4) is 0 Å². The Morgan fingerprint density at radius 1 is 1.43 bits per heavy atom. The highest BCUT2D eigenvalue weighted by Gasteiger charge is 2.28. The Labute approximate surface area is 86.3 Å². The van der Waals surface area contributed by atoms with Gasteiger partial charge in [-0.1, -0.05) is 26.3 Å². The fourth-order valence-electron chi connectivity index (χ4n) is 1.97. The maximum absolute atomic E-state index is 11.6. The zero-order valence-electron chi connectivity index (χ0n) is 9.21. The summed E-state index contributed by atoms with van der Waals surface area (Å²) in [5.41, 5.74) is 0.904. The predicted octanol–water partition coefficient (Wildman–Crippen LogP) is 2.93. The van der Waals surface area contributed by atoms with Gasteiger partial charge in [-0.3, -0.25) is 4.79 Å². The van der Waals surface area contributed by atoms with E-state index in [-0.39, 0.29) is 11.9 Å². The van der Waals surface area contributed by atoms with Crippen LogP contribution >= 0.6 is 0 Å². The van der Waals surface area contributed by atoms with Crippen molar-refractivity contribution in [1.82, 2.24) is 0 Å². The van der Waals surface area contributed by atoms with Gasteiger partial charge >= 0.3 is 5.97 Å². The second-order valence-electron chi connectivity index (χ2n) is 4.43. The lowest BCUT2D eigenvalue weighted by molar-refractivity contribution is -0.150. The molecule has 0 aromatic heterocycles. The third-order valence-corrected chi connectivity index (χ3v) is 2.88. The molecule has 2 unspecified atom stereocenters. The van der Waals surface area contributed by atoms with Crippen LogP contribution in [0.15, 0.2) is 12.2 Å². The number of hydrogen-bond acceptors (Lipinski definition) is 2. The van der Waals surface area contributed by atoms with Crippen molar-refractivity contribution in [3.05, 3.63) is 12.2 Å². The van der Waals surface area contributed by atoms with E-state index in [1.54, 1.807) is 0 Å². The van der Waals surface area contributed by atoms with Gasteiger partial charge in [0.05, 0.1) is 5.92 Å². The molecule has 2 heteroatoms. The number of ether oxygens (including phenoxy) is 1. The Kier molecular flexibility index (Phi) is 4.18. The molecule has 0 spiro atoms. The number of esters is 1. The second kappa shape index (κ2) is 5.18. The maximum atomic E-state index is 11.6. The van der Waals surface area contributed by atoms with E-state index < -0.39 is 0 Å². The smallest absolute Gasteiger partial charge is 0.309 e. The van der Waals surface area contributed by atoms with E-state index in [4.69, 9.17) is 4.74 Å². The fraction of sp³-hybridized carbons (Fsp3) is 0.750. The lowest BCUT2D eigenvalue weighted by Crippen LogP contribution is -2.27. The predicted molar refractivity (Wildman–Crippen MR) is 56.9 cm³/mol. The minimum absolute atomic E-state index is 0.0276. The Hall–Kier alpha value is -0.790. The van der Waals surface area contributed by atoms with Crippen LogP contribution in [-0.2, 0) is 9.53 Å². The van der Waals surface area contributed by atoms with Gasteiger partial charge in [0.25, 0.3) is 0 Å². The van der Waals surface area contributed by atoms with E-state index in [2.05, 4.69) is 13.5 Å². The first kappa shape index (κ1) is 11.3. The quantitative estimate of drug-likeness (QED) is 0.512. The fourth-order valence-corrected chi connectivity index (χ4v) is 1.97. The molecule has 0 aliphatic heterocycles. The van der Waals surface area contributed by atoms with Crippen LogP contribution in [-0.4, -0.2) is 12.6 Å². The van der Waals surface area contributed by atoms with Gasteiger partial charge in [-0.25, -0.2) is 0 Å². The van der Waals surface area contributed by atoms with E-state index >= 15 is 0 Å². The summed E-state index contributed by atoms with van der Waals surface area (Å²) < 4.78 is 5.17. The van der Waals surface area contributed by atoms with Crippen LogP contribution in [0.2, 0.25) is 0 Å². The standard InChI is InChI=1S/C12H20O2/c1-9(2)8-14-12(13)11-7-5-4-6-10(11)3/h10-11H,1,4-8H2,2-3H3. The SMILES string of the molecule is C=C(C)COC(=O)C1CCCCC1C. The highest BCUT2D eigenvalue weighted by molar-refractivity contribution is 5.73. The van der Waals surface area contributed by atoms with Crippen LogP contribution in [0.4, 0.5) is 0 Å². The summed E-state index contributed by atoms with van der Waals surface area (Å²) in [5.74, 6) is 0.588. The Morgan fingerprint density at radius 2 is 2.07 bits per heavy atom. The molecule has 0 radical (unpaired) electrons. The average molecular weight is 196 g/mol. The van der Waals surface area contributed by atoms with Crippen LogP contribution in [0.1, 0.15) is 39.5 Å². The number of hydrogen-bond donors (Lipinski definition) is 0. The Bertz CT molecular complexity index is 220. The number of rotatable bonds is 3. The number of carbonyl (C=O) groups is 1. The van der Waals surface area contributed by atoms with Crippen LogP contribution in [0.25, 0.3) is 0 Å². The monoisotopic (exact) mass is 196 g/mol. The molecule has 80 valence electrons. The first-order valence-electron chi connectivity index (χ1n) is 5.42. The molecule has 0 aromatic rings. The molecule has 0 bridgehead atoms. The van der Waals surface area contributed by atoms with Crippen molar-refractivity contribution in [1.29, 1.82) is 0 Å². The lowest BCUT2D eigenvalue weighted by atomic mass is 9.80. The van der Waals surface area contributed by atoms with Crippen molar-refractivity contribution in [2.24, 2.45) is 11.8 Å². The molecule has 0 N–H and O–H groups in total. The molecule has 0 saturated heterocycles. The molecular weight excluding hydrogens is 176 g/mol. The van der Waals surface area contributed by atoms with Crippen molar-refractivity contribution < 1.29 is 9.53 Å². The summed E-state index contributed by atoms with van der Waals surface area (Å²) in [6.07, 6.45) is 4.58. The molecule has 1 fully saturated rings. The van der Waals surface area contributed by atoms with Gasteiger partial charge in [0, 0.05) is 0 Å². The molecule has 0 heterocycles. The van der Waals surface area contributed by atoms with Crippen molar-refractivity contribution >= 4 is 5.97 Å². The van der Waals surface area contributed by atoms with E-state index in [1.165, 1.54) is 6.42 Å². The molecule has 1 saturated carbocycles. The molecule has 0 aromatic carbocycles. The topological polar surface area (TPSA) is 26.3 Å². The third kappa shape index (κ3) is 3.17. The zero-order valence-corrected chi connectivity index (χ0v) is 9.21. The van der Waals surface area contributed by atoms with Crippen LogP contribution < -0.4 is 0 Å². The molecule has 2 nitrogen and oxygen atoms in total. The van der Waals surface area contributed by atoms with E-state index in [0.29, 0.717) is 12.5 Å². The number of carbonyl (C=O) groups excluding carboxylic acids is 1. The first-order valence-corrected chi connectivity index (χ1v) is 5.42. The van der Waals surface area contributed by atoms with Crippen LogP contribution in [0.5, 0.6) is 0 Å². The summed E-state index contributed by atoms with van der Waals surface area (Å²) in [7, 11) is 0. The van der Waals surface area contributed by atoms with Crippen LogP contribution in [0, 0.1) is 11.8 Å². The summed E-state index contributed by atoms with van der Waals surface area (Å²) in [6.45, 7) is 8.11. The van der Waals surface area contributed by atoms with Gasteiger partial charge in [0.2, 0.25) is 0 Å². The summed E-state index contributed by atoms with van der Waals surface area (Å²) >= 11 is 0. The lowest BCUT2D eigenvalue weighted by Gasteiger charge is -2.26. The van der Waals surface area contributed by atoms with Gasteiger partial charge in [0.1, 0.15) is 6.61 Å². The van der Waals surface area contributed by atoms with Gasteiger partial charge in [0.15, 0.2) is 0 Å². The van der Waals surface area contributed by atoms with Gasteiger partial charge < -0.3 is 4.74 Å². The van der Waals surface area contributed by atoms with E-state index in [0.717, 1.165) is 24.8 Å². The Morgan fingerprint density at radius 3 is 2.64 bits per heavy atom. The van der Waals surface area contributed by atoms with Crippen molar-refractivity contribution in [2.45, 2.75) is 39.5 Å². The largest absolute Gasteiger partial charge is 0.461 e. The Balaban J connectivity index is 2.38. The normalized spacial score (nSPS) is 27.0. The molecule has 1 aliphatic carbocycles. The molecule has 1 aliphatic rings. The zero-order chi connectivity index (χ0) is 10.6. The summed E-state index contributed by atoms with van der Waals surface area (Å²) in [4.78, 5) is 11.6. The van der Waals surface area contributed by atoms with Gasteiger partial charge in [-0.15, -0.1) is 0 Å². The molecular formula is C12H20O2. The van der Waals surface area contributed by atoms with Crippen LogP contribution in [0.3, 0.4) is 0 Å². The van der Waals surface area contributed by atoms with Gasteiger partial charge in [-0.05, 0) is 31.3 Å². The minimum atomic E-state index is -0.0276. The highest BCUT2D eigenvalue weighted by Crippen LogP contribution is 2.30. The second-order valence-corrected chi connectivity index (χ2v) is 4.43. The van der Waals surface area contributed by atoms with Crippen molar-refractivity contribution in [3.63, 3.8) is 0 Å². The molecule has 0 amide bonds. The highest BCUT2D eigenvalue weighted by atomic mass is 16.5. The maximum Gasteiger partial charge on any atom is 0.309 e. The molecule has 14 heavy (non-hydrogen) atoms.